The zero-order valence-corrected chi connectivity index (χ0v) is 22.4. The number of nitrogens with one attached hydrogen (secondary N) is 2. The Bertz CT molecular complexity index is 1070. The minimum absolute atomic E-state index is 0.284. The number of amides is 2. The van der Waals surface area contributed by atoms with Crippen LogP contribution in [-0.2, 0) is 11.2 Å². The zero-order valence-electron chi connectivity index (χ0n) is 22.4. The molecule has 7 nitrogen and oxygen atoms in total. The van der Waals surface area contributed by atoms with Crippen LogP contribution in [0.1, 0.15) is 79.9 Å². The van der Waals surface area contributed by atoms with E-state index < -0.39 is 42.2 Å². The Morgan fingerprint density at radius 2 is 1.58 bits per heavy atom. The molecule has 6 atom stereocenters. The molecule has 1 unspecified atom stereocenters. The third kappa shape index (κ3) is 6.63. The van der Waals surface area contributed by atoms with Gasteiger partial charge in [0.25, 0.3) is 5.91 Å². The van der Waals surface area contributed by atoms with E-state index in [1.807, 2.05) is 44.2 Å². The van der Waals surface area contributed by atoms with Gasteiger partial charge in [-0.15, -0.1) is 0 Å². The summed E-state index contributed by atoms with van der Waals surface area (Å²) in [5.41, 5.74) is 2.34. The van der Waals surface area contributed by atoms with Gasteiger partial charge in [-0.3, -0.25) is 9.59 Å². The average molecular weight is 523 g/mol. The van der Waals surface area contributed by atoms with Gasteiger partial charge in [0, 0.05) is 12.0 Å². The normalized spacial score (nSPS) is 22.8. The van der Waals surface area contributed by atoms with Crippen LogP contribution in [0.25, 0.3) is 0 Å². The quantitative estimate of drug-likeness (QED) is 0.327. The van der Waals surface area contributed by atoms with E-state index in [4.69, 9.17) is 0 Å². The summed E-state index contributed by atoms with van der Waals surface area (Å²) in [6, 6.07) is 15.2. The van der Waals surface area contributed by atoms with Crippen LogP contribution in [0.2, 0.25) is 0 Å². The number of fused-ring (bicyclic) bond motifs is 1. The fraction of sp³-hybridized carbons (Fsp3) is 0.548. The Morgan fingerprint density at radius 3 is 2.26 bits per heavy atom. The molecule has 0 saturated heterocycles. The molecule has 7 heteroatoms. The number of benzene rings is 2. The van der Waals surface area contributed by atoms with Gasteiger partial charge in [0.05, 0.1) is 30.2 Å². The van der Waals surface area contributed by atoms with Crippen molar-refractivity contribution in [3.8, 4) is 0 Å². The maximum atomic E-state index is 13.5. The van der Waals surface area contributed by atoms with Crippen molar-refractivity contribution < 1.29 is 24.9 Å². The molecule has 5 N–H and O–H groups in total. The average Bonchev–Trinajstić information content (AvgIpc) is 3.23. The molecule has 206 valence electrons. The zero-order chi connectivity index (χ0) is 27.2. The Kier molecular flexibility index (Phi) is 9.58. The molecule has 38 heavy (non-hydrogen) atoms. The summed E-state index contributed by atoms with van der Waals surface area (Å²) in [6.45, 7) is 3.66. The van der Waals surface area contributed by atoms with E-state index in [2.05, 4.69) is 10.6 Å². The molecule has 1 saturated carbocycles. The van der Waals surface area contributed by atoms with Crippen molar-refractivity contribution in [1.29, 1.82) is 0 Å². The lowest BCUT2D eigenvalue weighted by Crippen LogP contribution is -2.55. The van der Waals surface area contributed by atoms with Gasteiger partial charge < -0.3 is 26.0 Å². The van der Waals surface area contributed by atoms with Gasteiger partial charge in [-0.2, -0.15) is 0 Å². The SMILES string of the molecule is CC(C)[C@@H](C(=O)NC1c2ccccc2C[C@H]1O)[C@@H](O)[C@H](O)[C@H](CC1CCCCC1)NC(=O)c1ccccc1. The summed E-state index contributed by atoms with van der Waals surface area (Å²) < 4.78 is 0. The summed E-state index contributed by atoms with van der Waals surface area (Å²) in [5.74, 6) is -1.60. The number of rotatable bonds is 10. The van der Waals surface area contributed by atoms with Crippen LogP contribution in [0.3, 0.4) is 0 Å². The second-order valence-corrected chi connectivity index (χ2v) is 11.4. The third-order valence-corrected chi connectivity index (χ3v) is 8.32. The van der Waals surface area contributed by atoms with Gasteiger partial charge >= 0.3 is 0 Å². The summed E-state index contributed by atoms with van der Waals surface area (Å²) >= 11 is 0. The van der Waals surface area contributed by atoms with Crippen molar-refractivity contribution in [2.75, 3.05) is 0 Å². The molecule has 2 aromatic carbocycles. The molecule has 2 aliphatic rings. The Labute approximate surface area is 225 Å². The first-order valence-electron chi connectivity index (χ1n) is 14.0. The topological polar surface area (TPSA) is 119 Å². The fourth-order valence-corrected chi connectivity index (χ4v) is 6.21. The highest BCUT2D eigenvalue weighted by molar-refractivity contribution is 5.94. The molecular formula is C31H42N2O5. The van der Waals surface area contributed by atoms with E-state index in [0.29, 0.717) is 24.3 Å². The van der Waals surface area contributed by atoms with Gasteiger partial charge in [-0.05, 0) is 41.5 Å². The summed E-state index contributed by atoms with van der Waals surface area (Å²) in [4.78, 5) is 26.6. The molecule has 2 aliphatic carbocycles. The first-order valence-corrected chi connectivity index (χ1v) is 14.0. The molecule has 1 fully saturated rings. The van der Waals surface area contributed by atoms with Gasteiger partial charge in [0.1, 0.15) is 6.10 Å². The standard InChI is InChI=1S/C31H42N2O5/c1-19(2)26(31(38)33-27-23-16-10-9-15-22(23)18-25(27)34)29(36)28(35)24(17-20-11-5-3-6-12-20)32-30(37)21-13-7-4-8-14-21/h4,7-10,13-16,19-20,24-29,34-36H,3,5-6,11-12,17-18H2,1-2H3,(H,32,37)(H,33,38)/t24-,25+,26+,27?,28+,29+/m0/s1. The highest BCUT2D eigenvalue weighted by Crippen LogP contribution is 2.33. The molecule has 4 rings (SSSR count). The number of hydrogen-bond acceptors (Lipinski definition) is 5. The van der Waals surface area contributed by atoms with Crippen LogP contribution in [0, 0.1) is 17.8 Å². The number of carbonyl (C=O) groups excluding carboxylic acids is 2. The van der Waals surface area contributed by atoms with E-state index >= 15 is 0 Å². The van der Waals surface area contributed by atoms with E-state index in [1.165, 1.54) is 6.42 Å². The highest BCUT2D eigenvalue weighted by Gasteiger charge is 2.41. The molecule has 2 amide bonds. The molecular weight excluding hydrogens is 480 g/mol. The van der Waals surface area contributed by atoms with Crippen LogP contribution >= 0.6 is 0 Å². The van der Waals surface area contributed by atoms with Crippen molar-refractivity contribution in [1.82, 2.24) is 10.6 Å². The van der Waals surface area contributed by atoms with E-state index in [0.717, 1.165) is 36.8 Å². The highest BCUT2D eigenvalue weighted by atomic mass is 16.3. The first-order chi connectivity index (χ1) is 18.3. The first kappa shape index (κ1) is 28.3. The van der Waals surface area contributed by atoms with E-state index in [9.17, 15) is 24.9 Å². The number of hydrogen-bond donors (Lipinski definition) is 5. The number of aliphatic hydroxyl groups is 3. The Hall–Kier alpha value is -2.74. The maximum Gasteiger partial charge on any atom is 0.251 e. The lowest BCUT2D eigenvalue weighted by Gasteiger charge is -2.36. The summed E-state index contributed by atoms with van der Waals surface area (Å²) in [7, 11) is 0. The van der Waals surface area contributed by atoms with Crippen molar-refractivity contribution in [3.05, 3.63) is 71.3 Å². The fourth-order valence-electron chi connectivity index (χ4n) is 6.21. The van der Waals surface area contributed by atoms with Crippen LogP contribution < -0.4 is 10.6 Å². The van der Waals surface area contributed by atoms with E-state index in [-0.39, 0.29) is 11.8 Å². The summed E-state index contributed by atoms with van der Waals surface area (Å²) in [5, 5.41) is 39.4. The van der Waals surface area contributed by atoms with Crippen LogP contribution in [0.4, 0.5) is 0 Å². The smallest absolute Gasteiger partial charge is 0.251 e. The van der Waals surface area contributed by atoms with Crippen molar-refractivity contribution in [3.63, 3.8) is 0 Å². The van der Waals surface area contributed by atoms with Gasteiger partial charge in [0.2, 0.25) is 5.91 Å². The Morgan fingerprint density at radius 1 is 0.921 bits per heavy atom. The van der Waals surface area contributed by atoms with Crippen LogP contribution in [0.15, 0.2) is 54.6 Å². The lowest BCUT2D eigenvalue weighted by atomic mass is 9.79. The Balaban J connectivity index is 1.51. The number of aliphatic hydroxyl groups excluding tert-OH is 3. The van der Waals surface area contributed by atoms with Gasteiger partial charge in [-0.1, -0.05) is 88.4 Å². The van der Waals surface area contributed by atoms with Gasteiger partial charge in [0.15, 0.2) is 0 Å². The van der Waals surface area contributed by atoms with Crippen molar-refractivity contribution in [2.45, 2.75) is 89.2 Å². The molecule has 2 aromatic rings. The van der Waals surface area contributed by atoms with Crippen LogP contribution in [0.5, 0.6) is 0 Å². The molecule has 0 radical (unpaired) electrons. The third-order valence-electron chi connectivity index (χ3n) is 8.32. The molecule has 0 heterocycles. The van der Waals surface area contributed by atoms with Crippen molar-refractivity contribution in [2.24, 2.45) is 17.8 Å². The van der Waals surface area contributed by atoms with Crippen LogP contribution in [-0.4, -0.2) is 51.5 Å². The second-order valence-electron chi connectivity index (χ2n) is 11.4. The molecule has 0 aromatic heterocycles. The molecule has 0 aliphatic heterocycles. The summed E-state index contributed by atoms with van der Waals surface area (Å²) in [6.07, 6.45) is 2.98. The van der Waals surface area contributed by atoms with Crippen molar-refractivity contribution >= 4 is 11.8 Å². The minimum atomic E-state index is -1.39. The monoisotopic (exact) mass is 522 g/mol. The largest absolute Gasteiger partial charge is 0.390 e. The predicted molar refractivity (Wildman–Crippen MR) is 146 cm³/mol. The lowest BCUT2D eigenvalue weighted by molar-refractivity contribution is -0.137. The van der Waals surface area contributed by atoms with E-state index in [1.54, 1.807) is 24.3 Å². The molecule has 0 bridgehead atoms. The predicted octanol–water partition coefficient (Wildman–Crippen LogP) is 3.52. The maximum absolute atomic E-state index is 13.5. The minimum Gasteiger partial charge on any atom is -0.390 e. The number of carbonyl (C=O) groups is 2. The second kappa shape index (κ2) is 12.9. The van der Waals surface area contributed by atoms with Gasteiger partial charge in [-0.25, -0.2) is 0 Å². The molecule has 0 spiro atoms.